The van der Waals surface area contributed by atoms with Gasteiger partial charge in [-0.2, -0.15) is 5.10 Å². The normalized spacial score (nSPS) is 10.7. The van der Waals surface area contributed by atoms with E-state index in [1.165, 1.54) is 0 Å². The fourth-order valence-corrected chi connectivity index (χ4v) is 1.86. The van der Waals surface area contributed by atoms with Crippen molar-refractivity contribution in [2.45, 2.75) is 13.3 Å². The molecule has 102 valence electrons. The number of benzene rings is 2. The molecule has 0 aliphatic rings. The molecule has 0 spiro atoms. The van der Waals surface area contributed by atoms with Gasteiger partial charge in [0.1, 0.15) is 0 Å². The van der Waals surface area contributed by atoms with Crippen molar-refractivity contribution in [1.82, 2.24) is 5.43 Å². The van der Waals surface area contributed by atoms with Gasteiger partial charge >= 0.3 is 0 Å². The van der Waals surface area contributed by atoms with Gasteiger partial charge in [0.25, 0.3) is 0 Å². The number of nitrogens with zero attached hydrogens (tertiary/aromatic N) is 1. The summed E-state index contributed by atoms with van der Waals surface area (Å²) >= 11 is 5.79. The van der Waals surface area contributed by atoms with Crippen molar-refractivity contribution in [2.24, 2.45) is 5.10 Å². The molecule has 1 amide bonds. The highest BCUT2D eigenvalue weighted by Gasteiger charge is 2.01. The maximum Gasteiger partial charge on any atom is 0.244 e. The number of nitrogens with one attached hydrogen (secondary N) is 1. The largest absolute Gasteiger partial charge is 0.273 e. The van der Waals surface area contributed by atoms with Gasteiger partial charge in [-0.3, -0.25) is 4.79 Å². The Morgan fingerprint density at radius 3 is 2.60 bits per heavy atom. The molecule has 0 aromatic heterocycles. The predicted molar refractivity (Wildman–Crippen MR) is 82.1 cm³/mol. The lowest BCUT2D eigenvalue weighted by Gasteiger charge is -2.01. The van der Waals surface area contributed by atoms with E-state index in [0.717, 1.165) is 16.7 Å². The predicted octanol–water partition coefficient (Wildman–Crippen LogP) is 3.34. The molecule has 0 saturated heterocycles. The van der Waals surface area contributed by atoms with Crippen molar-refractivity contribution in [3.05, 3.63) is 70.2 Å². The van der Waals surface area contributed by atoms with Gasteiger partial charge < -0.3 is 0 Å². The lowest BCUT2D eigenvalue weighted by Crippen LogP contribution is -2.19. The molecule has 0 unspecified atom stereocenters. The highest BCUT2D eigenvalue weighted by atomic mass is 35.5. The van der Waals surface area contributed by atoms with Crippen molar-refractivity contribution in [3.63, 3.8) is 0 Å². The van der Waals surface area contributed by atoms with Crippen LogP contribution < -0.4 is 5.43 Å². The molecule has 3 nitrogen and oxygen atoms in total. The first-order valence-electron chi connectivity index (χ1n) is 6.27. The number of halogens is 1. The van der Waals surface area contributed by atoms with Crippen LogP contribution in [0.25, 0.3) is 0 Å². The van der Waals surface area contributed by atoms with Crippen LogP contribution in [0.3, 0.4) is 0 Å². The summed E-state index contributed by atoms with van der Waals surface area (Å²) in [6.45, 7) is 2.00. The molecule has 20 heavy (non-hydrogen) atoms. The number of hydrogen-bond donors (Lipinski definition) is 1. The van der Waals surface area contributed by atoms with Gasteiger partial charge in [0.2, 0.25) is 5.91 Å². The second kappa shape index (κ2) is 6.87. The molecule has 0 atom stereocenters. The van der Waals surface area contributed by atoms with Crippen LogP contribution in [-0.4, -0.2) is 12.1 Å². The number of rotatable bonds is 4. The molecular weight excluding hydrogens is 272 g/mol. The Labute approximate surface area is 123 Å². The lowest BCUT2D eigenvalue weighted by molar-refractivity contribution is -0.120. The molecule has 0 radical (unpaired) electrons. The van der Waals surface area contributed by atoms with Gasteiger partial charge in [-0.1, -0.05) is 48.0 Å². The molecule has 4 heteroatoms. The number of amides is 1. The van der Waals surface area contributed by atoms with Gasteiger partial charge in [0.15, 0.2) is 0 Å². The third-order valence-corrected chi connectivity index (χ3v) is 3.11. The van der Waals surface area contributed by atoms with Gasteiger partial charge in [-0.25, -0.2) is 5.43 Å². The highest BCUT2D eigenvalue weighted by Crippen LogP contribution is 2.09. The summed E-state index contributed by atoms with van der Waals surface area (Å²) in [5, 5.41) is 4.62. The summed E-state index contributed by atoms with van der Waals surface area (Å²) in [4.78, 5) is 11.7. The van der Waals surface area contributed by atoms with Gasteiger partial charge in [-0.05, 0) is 35.7 Å². The quantitative estimate of drug-likeness (QED) is 0.680. The minimum absolute atomic E-state index is 0.155. The smallest absolute Gasteiger partial charge is 0.244 e. The zero-order valence-corrected chi connectivity index (χ0v) is 11.9. The van der Waals surface area contributed by atoms with Gasteiger partial charge in [0, 0.05) is 5.02 Å². The van der Waals surface area contributed by atoms with Crippen molar-refractivity contribution < 1.29 is 4.79 Å². The Hall–Kier alpha value is -2.13. The molecule has 2 rings (SSSR count). The van der Waals surface area contributed by atoms with Crippen molar-refractivity contribution in [1.29, 1.82) is 0 Å². The summed E-state index contributed by atoms with van der Waals surface area (Å²) in [5.74, 6) is -0.155. The first-order valence-corrected chi connectivity index (χ1v) is 6.65. The minimum Gasteiger partial charge on any atom is -0.273 e. The first kappa shape index (κ1) is 14.3. The maximum absolute atomic E-state index is 11.7. The molecule has 2 aromatic carbocycles. The average Bonchev–Trinajstić information content (AvgIpc) is 2.43. The topological polar surface area (TPSA) is 41.5 Å². The number of hydrazone groups is 1. The van der Waals surface area contributed by atoms with Crippen LogP contribution in [0.4, 0.5) is 0 Å². The van der Waals surface area contributed by atoms with E-state index in [0.29, 0.717) is 5.02 Å². The zero-order chi connectivity index (χ0) is 14.4. The monoisotopic (exact) mass is 286 g/mol. The molecule has 2 aromatic rings. The molecule has 1 N–H and O–H groups in total. The fourth-order valence-electron chi connectivity index (χ4n) is 1.73. The summed E-state index contributed by atoms with van der Waals surface area (Å²) in [5.41, 5.74) is 5.52. The van der Waals surface area contributed by atoms with Crippen molar-refractivity contribution in [2.75, 3.05) is 0 Å². The van der Waals surface area contributed by atoms with Crippen LogP contribution in [0, 0.1) is 6.92 Å². The Morgan fingerprint density at radius 2 is 1.90 bits per heavy atom. The van der Waals surface area contributed by atoms with Gasteiger partial charge in [-0.15, -0.1) is 0 Å². The Kier molecular flexibility index (Phi) is 4.91. The average molecular weight is 287 g/mol. The SMILES string of the molecule is Cc1ccccc1/C=N/NC(=O)Cc1ccc(Cl)cc1. The Balaban J connectivity index is 1.89. The van der Waals surface area contributed by atoms with Gasteiger partial charge in [0.05, 0.1) is 12.6 Å². The molecule has 0 heterocycles. The molecule has 0 bridgehead atoms. The third-order valence-electron chi connectivity index (χ3n) is 2.86. The maximum atomic E-state index is 11.7. The summed E-state index contributed by atoms with van der Waals surface area (Å²) in [7, 11) is 0. The van der Waals surface area contributed by atoms with E-state index in [4.69, 9.17) is 11.6 Å². The second-order valence-corrected chi connectivity index (χ2v) is 4.89. The van der Waals surface area contributed by atoms with E-state index in [2.05, 4.69) is 10.5 Å². The van der Waals surface area contributed by atoms with E-state index in [1.54, 1.807) is 18.3 Å². The van der Waals surface area contributed by atoms with E-state index in [1.807, 2.05) is 43.3 Å². The summed E-state index contributed by atoms with van der Waals surface area (Å²) in [6.07, 6.45) is 1.93. The van der Waals surface area contributed by atoms with Crippen LogP contribution in [0.1, 0.15) is 16.7 Å². The van der Waals surface area contributed by atoms with E-state index < -0.39 is 0 Å². The van der Waals surface area contributed by atoms with E-state index in [9.17, 15) is 4.79 Å². The summed E-state index contributed by atoms with van der Waals surface area (Å²) in [6, 6.07) is 15.0. The number of carbonyl (C=O) groups excluding carboxylic acids is 1. The molecule has 0 fully saturated rings. The van der Waals surface area contributed by atoms with Crippen molar-refractivity contribution >= 4 is 23.7 Å². The standard InChI is InChI=1S/C16H15ClN2O/c1-12-4-2-3-5-14(12)11-18-19-16(20)10-13-6-8-15(17)9-7-13/h2-9,11H,10H2,1H3,(H,19,20)/b18-11+. The zero-order valence-electron chi connectivity index (χ0n) is 11.1. The van der Waals surface area contributed by atoms with Crippen LogP contribution in [0.2, 0.25) is 5.02 Å². The molecule has 0 aliphatic heterocycles. The van der Waals surface area contributed by atoms with Crippen molar-refractivity contribution in [3.8, 4) is 0 Å². The number of carbonyl (C=O) groups is 1. The highest BCUT2D eigenvalue weighted by molar-refractivity contribution is 6.30. The minimum atomic E-state index is -0.155. The molecule has 0 saturated carbocycles. The molecular formula is C16H15ClN2O. The third kappa shape index (κ3) is 4.21. The fraction of sp³-hybridized carbons (Fsp3) is 0.125. The second-order valence-electron chi connectivity index (χ2n) is 4.45. The number of hydrogen-bond acceptors (Lipinski definition) is 2. The Bertz CT molecular complexity index is 621. The summed E-state index contributed by atoms with van der Waals surface area (Å²) < 4.78 is 0. The first-order chi connectivity index (χ1) is 9.65. The van der Waals surface area contributed by atoms with Crippen LogP contribution in [-0.2, 0) is 11.2 Å². The lowest BCUT2D eigenvalue weighted by atomic mass is 10.1. The van der Waals surface area contributed by atoms with Crippen LogP contribution in [0.5, 0.6) is 0 Å². The number of aryl methyl sites for hydroxylation is 1. The van der Waals surface area contributed by atoms with Crippen LogP contribution in [0.15, 0.2) is 53.6 Å². The molecule has 0 aliphatic carbocycles. The Morgan fingerprint density at radius 1 is 1.20 bits per heavy atom. The van der Waals surface area contributed by atoms with Crippen LogP contribution >= 0.6 is 11.6 Å². The van der Waals surface area contributed by atoms with E-state index in [-0.39, 0.29) is 12.3 Å². The van der Waals surface area contributed by atoms with E-state index >= 15 is 0 Å².